The minimum Gasteiger partial charge on any atom is -0.394 e. The highest BCUT2D eigenvalue weighted by molar-refractivity contribution is 4.69. The Morgan fingerprint density at radius 3 is 2.54 bits per heavy atom. The number of rotatable bonds is 5. The maximum atomic E-state index is 9.04. The zero-order valence-electron chi connectivity index (χ0n) is 8.54. The van der Waals surface area contributed by atoms with Crippen LogP contribution in [0.1, 0.15) is 26.2 Å². The van der Waals surface area contributed by atoms with Crippen molar-refractivity contribution >= 4 is 0 Å². The average Bonchev–Trinajstić information content (AvgIpc) is 2.19. The minimum atomic E-state index is 0.0168. The topological polar surface area (TPSA) is 32.7 Å². The molecular weight excluding hydrogens is 166 g/mol. The van der Waals surface area contributed by atoms with Crippen molar-refractivity contribution in [2.75, 3.05) is 32.8 Å². The molecule has 0 spiro atoms. The second-order valence-corrected chi connectivity index (χ2v) is 3.62. The molecule has 0 aromatic heterocycles. The van der Waals surface area contributed by atoms with Gasteiger partial charge in [-0.1, -0.05) is 6.42 Å². The molecule has 0 aromatic carbocycles. The predicted octanol–water partition coefficient (Wildman–Crippen LogP) is 0.870. The number of hydrogen-bond donors (Lipinski definition) is 1. The van der Waals surface area contributed by atoms with Crippen LogP contribution in [0, 0.1) is 0 Å². The van der Waals surface area contributed by atoms with E-state index in [0.717, 1.165) is 6.54 Å². The summed E-state index contributed by atoms with van der Waals surface area (Å²) in [6.45, 7) is 6.04. The molecule has 78 valence electrons. The smallest absolute Gasteiger partial charge is 0.0932 e. The highest BCUT2D eigenvalue weighted by Gasteiger charge is 2.15. The van der Waals surface area contributed by atoms with Gasteiger partial charge in [0.05, 0.1) is 12.7 Å². The molecule has 1 aliphatic rings. The van der Waals surface area contributed by atoms with Gasteiger partial charge in [-0.15, -0.1) is 0 Å². The molecule has 13 heavy (non-hydrogen) atoms. The maximum Gasteiger partial charge on any atom is 0.0932 e. The van der Waals surface area contributed by atoms with E-state index >= 15 is 0 Å². The Morgan fingerprint density at radius 2 is 2.00 bits per heavy atom. The van der Waals surface area contributed by atoms with Crippen LogP contribution in [0.2, 0.25) is 0 Å². The number of hydrogen-bond acceptors (Lipinski definition) is 3. The van der Waals surface area contributed by atoms with Crippen LogP contribution in [0.25, 0.3) is 0 Å². The van der Waals surface area contributed by atoms with Crippen LogP contribution < -0.4 is 0 Å². The number of piperidine rings is 1. The molecule has 1 fully saturated rings. The standard InChI is InChI=1S/C10H21NO2/c1-2-13-10(9-12)8-11-6-4-3-5-7-11/h10,12H,2-9H2,1H3. The quantitative estimate of drug-likeness (QED) is 0.693. The molecule has 0 amide bonds. The van der Waals surface area contributed by atoms with E-state index in [-0.39, 0.29) is 12.7 Å². The molecule has 3 nitrogen and oxygen atoms in total. The molecule has 1 heterocycles. The van der Waals surface area contributed by atoms with Crippen molar-refractivity contribution in [3.8, 4) is 0 Å². The molecule has 1 atom stereocenters. The summed E-state index contributed by atoms with van der Waals surface area (Å²) in [5.41, 5.74) is 0. The molecule has 1 saturated heterocycles. The molecular formula is C10H21NO2. The van der Waals surface area contributed by atoms with Crippen LogP contribution in [-0.2, 0) is 4.74 Å². The number of ether oxygens (including phenoxy) is 1. The van der Waals surface area contributed by atoms with E-state index in [1.807, 2.05) is 6.92 Å². The van der Waals surface area contributed by atoms with E-state index in [9.17, 15) is 0 Å². The number of aliphatic hydroxyl groups is 1. The van der Waals surface area contributed by atoms with Crippen LogP contribution >= 0.6 is 0 Å². The third kappa shape index (κ3) is 4.07. The predicted molar refractivity (Wildman–Crippen MR) is 52.8 cm³/mol. The molecule has 3 heteroatoms. The van der Waals surface area contributed by atoms with Crippen LogP contribution in [-0.4, -0.2) is 49.0 Å². The Labute approximate surface area is 80.7 Å². The van der Waals surface area contributed by atoms with Gasteiger partial charge in [-0.2, -0.15) is 0 Å². The molecule has 0 bridgehead atoms. The molecule has 1 N–H and O–H groups in total. The van der Waals surface area contributed by atoms with Crippen molar-refractivity contribution in [3.63, 3.8) is 0 Å². The first kappa shape index (κ1) is 11.0. The second-order valence-electron chi connectivity index (χ2n) is 3.62. The fourth-order valence-electron chi connectivity index (χ4n) is 1.83. The third-order valence-corrected chi connectivity index (χ3v) is 2.52. The van der Waals surface area contributed by atoms with Crippen molar-refractivity contribution in [2.24, 2.45) is 0 Å². The average molecular weight is 187 g/mol. The van der Waals surface area contributed by atoms with E-state index in [0.29, 0.717) is 6.61 Å². The third-order valence-electron chi connectivity index (χ3n) is 2.52. The summed E-state index contributed by atoms with van der Waals surface area (Å²) < 4.78 is 5.40. The summed E-state index contributed by atoms with van der Waals surface area (Å²) >= 11 is 0. The zero-order valence-corrected chi connectivity index (χ0v) is 8.54. The van der Waals surface area contributed by atoms with Gasteiger partial charge in [-0.05, 0) is 32.9 Å². The summed E-state index contributed by atoms with van der Waals surface area (Å²) in [6.07, 6.45) is 3.96. The van der Waals surface area contributed by atoms with E-state index in [4.69, 9.17) is 9.84 Å². The Bertz CT molecular complexity index is 121. The zero-order chi connectivity index (χ0) is 9.52. The van der Waals surface area contributed by atoms with Gasteiger partial charge in [0.15, 0.2) is 0 Å². The van der Waals surface area contributed by atoms with Gasteiger partial charge in [0.2, 0.25) is 0 Å². The van der Waals surface area contributed by atoms with Crippen molar-refractivity contribution in [2.45, 2.75) is 32.3 Å². The lowest BCUT2D eigenvalue weighted by molar-refractivity contribution is -0.00530. The van der Waals surface area contributed by atoms with Gasteiger partial charge in [0, 0.05) is 13.2 Å². The van der Waals surface area contributed by atoms with Crippen LogP contribution in [0.15, 0.2) is 0 Å². The van der Waals surface area contributed by atoms with Crippen molar-refractivity contribution in [1.29, 1.82) is 0 Å². The van der Waals surface area contributed by atoms with E-state index in [2.05, 4.69) is 4.90 Å². The summed E-state index contributed by atoms with van der Waals surface area (Å²) in [6, 6.07) is 0. The first-order valence-electron chi connectivity index (χ1n) is 5.31. The van der Waals surface area contributed by atoms with Crippen molar-refractivity contribution in [1.82, 2.24) is 4.90 Å². The number of likely N-dealkylation sites (tertiary alicyclic amines) is 1. The first-order chi connectivity index (χ1) is 6.36. The SMILES string of the molecule is CCOC(CO)CN1CCCCC1. The van der Waals surface area contributed by atoms with Gasteiger partial charge in [-0.3, -0.25) is 0 Å². The Hall–Kier alpha value is -0.120. The van der Waals surface area contributed by atoms with Gasteiger partial charge in [-0.25, -0.2) is 0 Å². The van der Waals surface area contributed by atoms with Gasteiger partial charge in [0.1, 0.15) is 0 Å². The second kappa shape index (κ2) is 6.35. The monoisotopic (exact) mass is 187 g/mol. The van der Waals surface area contributed by atoms with Crippen molar-refractivity contribution in [3.05, 3.63) is 0 Å². The van der Waals surface area contributed by atoms with Crippen LogP contribution in [0.4, 0.5) is 0 Å². The fraction of sp³-hybridized carbons (Fsp3) is 1.00. The number of aliphatic hydroxyl groups excluding tert-OH is 1. The Balaban J connectivity index is 2.18. The van der Waals surface area contributed by atoms with E-state index in [1.165, 1.54) is 32.4 Å². The molecule has 1 aliphatic heterocycles. The molecule has 0 radical (unpaired) electrons. The lowest BCUT2D eigenvalue weighted by Crippen LogP contribution is -2.39. The fourth-order valence-corrected chi connectivity index (χ4v) is 1.83. The normalized spacial score (nSPS) is 21.7. The first-order valence-corrected chi connectivity index (χ1v) is 5.31. The minimum absolute atomic E-state index is 0.0168. The molecule has 0 saturated carbocycles. The molecule has 0 aliphatic carbocycles. The van der Waals surface area contributed by atoms with Crippen molar-refractivity contribution < 1.29 is 9.84 Å². The van der Waals surface area contributed by atoms with E-state index < -0.39 is 0 Å². The summed E-state index contributed by atoms with van der Waals surface area (Å²) in [5.74, 6) is 0. The largest absolute Gasteiger partial charge is 0.394 e. The lowest BCUT2D eigenvalue weighted by Gasteiger charge is -2.29. The highest BCUT2D eigenvalue weighted by Crippen LogP contribution is 2.09. The Morgan fingerprint density at radius 1 is 1.31 bits per heavy atom. The van der Waals surface area contributed by atoms with Gasteiger partial charge < -0.3 is 14.7 Å². The molecule has 0 aromatic rings. The van der Waals surface area contributed by atoms with Crippen LogP contribution in [0.5, 0.6) is 0 Å². The maximum absolute atomic E-state index is 9.04. The highest BCUT2D eigenvalue weighted by atomic mass is 16.5. The summed E-state index contributed by atoms with van der Waals surface area (Å²) in [5, 5.41) is 9.04. The van der Waals surface area contributed by atoms with Gasteiger partial charge >= 0.3 is 0 Å². The number of nitrogens with zero attached hydrogens (tertiary/aromatic N) is 1. The molecule has 1 unspecified atom stereocenters. The lowest BCUT2D eigenvalue weighted by atomic mass is 10.1. The summed E-state index contributed by atoms with van der Waals surface area (Å²) in [7, 11) is 0. The van der Waals surface area contributed by atoms with E-state index in [1.54, 1.807) is 0 Å². The van der Waals surface area contributed by atoms with Gasteiger partial charge in [0.25, 0.3) is 0 Å². The van der Waals surface area contributed by atoms with Crippen LogP contribution in [0.3, 0.4) is 0 Å². The summed E-state index contributed by atoms with van der Waals surface area (Å²) in [4.78, 5) is 2.39. The molecule has 1 rings (SSSR count). The Kier molecular flexibility index (Phi) is 5.35.